The summed E-state index contributed by atoms with van der Waals surface area (Å²) in [5.74, 6) is 0. The number of aromatic nitrogens is 2. The number of halogens is 3. The predicted octanol–water partition coefficient (Wildman–Crippen LogP) is 1.53. The number of anilines is 2. The number of piperazine rings is 1. The van der Waals surface area contributed by atoms with Gasteiger partial charge in [0.2, 0.25) is 20.2 Å². The Kier molecular flexibility index (Phi) is 4.60. The molecule has 2 heterocycles. The van der Waals surface area contributed by atoms with Crippen molar-refractivity contribution in [1.82, 2.24) is 10.2 Å². The second kappa shape index (κ2) is 6.42. The number of benzene rings is 1. The molecule has 25 heavy (non-hydrogen) atoms. The minimum Gasteiger partial charge on any atom is -0.367 e. The number of hydrogen-bond acceptors (Lipinski definition) is 7. The van der Waals surface area contributed by atoms with Crippen LogP contribution in [-0.4, -0.2) is 44.8 Å². The molecule has 0 spiro atoms. The zero-order valence-corrected chi connectivity index (χ0v) is 14.4. The normalized spacial score (nSPS) is 16.3. The fraction of sp³-hybridized carbons (Fsp3) is 0.385. The highest BCUT2D eigenvalue weighted by Crippen LogP contribution is 2.35. The topological polar surface area (TPSA) is 92.4 Å². The number of alkyl halides is 3. The zero-order valence-electron chi connectivity index (χ0n) is 12.8. The van der Waals surface area contributed by atoms with Crippen LogP contribution in [0.4, 0.5) is 24.0 Å². The molecule has 1 aromatic carbocycles. The molecule has 0 amide bonds. The lowest BCUT2D eigenvalue weighted by Crippen LogP contribution is -2.47. The van der Waals surface area contributed by atoms with E-state index in [0.717, 1.165) is 0 Å². The molecule has 7 nitrogen and oxygen atoms in total. The fourth-order valence-electron chi connectivity index (χ4n) is 2.56. The van der Waals surface area contributed by atoms with E-state index in [9.17, 15) is 21.6 Å². The van der Waals surface area contributed by atoms with E-state index >= 15 is 0 Å². The average Bonchev–Trinajstić information content (AvgIpc) is 3.04. The van der Waals surface area contributed by atoms with Gasteiger partial charge in [-0.1, -0.05) is 23.5 Å². The summed E-state index contributed by atoms with van der Waals surface area (Å²) in [6, 6.07) is 6.37. The average molecular weight is 393 g/mol. The van der Waals surface area contributed by atoms with Gasteiger partial charge in [0, 0.05) is 26.2 Å². The quantitative estimate of drug-likeness (QED) is 0.850. The number of primary sulfonamides is 1. The lowest BCUT2D eigenvalue weighted by molar-refractivity contribution is -0.138. The molecule has 0 bridgehead atoms. The first-order valence-corrected chi connectivity index (χ1v) is 9.55. The number of rotatable bonds is 3. The molecule has 1 aliphatic rings. The third-order valence-electron chi connectivity index (χ3n) is 3.72. The van der Waals surface area contributed by atoms with Gasteiger partial charge in [-0.3, -0.25) is 0 Å². The largest absolute Gasteiger partial charge is 0.445 e. The summed E-state index contributed by atoms with van der Waals surface area (Å²) >= 11 is 0.495. The van der Waals surface area contributed by atoms with E-state index < -0.39 is 21.2 Å². The Morgan fingerprint density at radius 1 is 1.04 bits per heavy atom. The summed E-state index contributed by atoms with van der Waals surface area (Å²) in [5.41, 5.74) is 0.484. The molecule has 0 saturated carbocycles. The predicted molar refractivity (Wildman–Crippen MR) is 87.2 cm³/mol. The lowest BCUT2D eigenvalue weighted by Gasteiger charge is -2.36. The van der Waals surface area contributed by atoms with Crippen molar-refractivity contribution >= 4 is 32.2 Å². The molecule has 1 saturated heterocycles. The van der Waals surface area contributed by atoms with Crippen molar-refractivity contribution in [1.29, 1.82) is 0 Å². The van der Waals surface area contributed by atoms with E-state index in [1.54, 1.807) is 23.1 Å². The van der Waals surface area contributed by atoms with E-state index in [-0.39, 0.29) is 10.0 Å². The minimum atomic E-state index is -4.51. The van der Waals surface area contributed by atoms with Crippen molar-refractivity contribution in [2.24, 2.45) is 5.14 Å². The maximum Gasteiger partial charge on any atom is 0.445 e. The van der Waals surface area contributed by atoms with E-state index in [2.05, 4.69) is 10.2 Å². The molecule has 1 fully saturated rings. The Bertz CT molecular complexity index is 861. The van der Waals surface area contributed by atoms with Gasteiger partial charge in [0.25, 0.3) is 0 Å². The first-order chi connectivity index (χ1) is 11.7. The van der Waals surface area contributed by atoms with Crippen LogP contribution < -0.4 is 14.9 Å². The van der Waals surface area contributed by atoms with E-state index in [1.807, 2.05) is 4.90 Å². The summed E-state index contributed by atoms with van der Waals surface area (Å²) in [7, 11) is -3.86. The zero-order chi connectivity index (χ0) is 18.2. The summed E-state index contributed by atoms with van der Waals surface area (Å²) in [6.45, 7) is 1.64. The van der Waals surface area contributed by atoms with Crippen LogP contribution in [0, 0.1) is 0 Å². The second-order valence-electron chi connectivity index (χ2n) is 5.37. The minimum absolute atomic E-state index is 0.0266. The molecule has 3 rings (SSSR count). The van der Waals surface area contributed by atoms with E-state index in [4.69, 9.17) is 5.14 Å². The first kappa shape index (κ1) is 17.9. The Balaban J connectivity index is 1.74. The summed E-state index contributed by atoms with van der Waals surface area (Å²) < 4.78 is 61.3. The maximum atomic E-state index is 12.6. The van der Waals surface area contributed by atoms with Crippen LogP contribution >= 0.6 is 11.3 Å². The van der Waals surface area contributed by atoms with Crippen molar-refractivity contribution in [3.05, 3.63) is 29.3 Å². The van der Waals surface area contributed by atoms with Gasteiger partial charge in [-0.15, -0.1) is 10.2 Å². The van der Waals surface area contributed by atoms with E-state index in [0.29, 0.717) is 43.2 Å². The van der Waals surface area contributed by atoms with Gasteiger partial charge in [-0.2, -0.15) is 13.2 Å². The van der Waals surface area contributed by atoms with Crippen LogP contribution in [0.2, 0.25) is 0 Å². The smallest absolute Gasteiger partial charge is 0.367 e. The summed E-state index contributed by atoms with van der Waals surface area (Å²) in [4.78, 5) is 3.56. The molecule has 1 aliphatic heterocycles. The molecular weight excluding hydrogens is 379 g/mol. The number of para-hydroxylation sites is 1. The highest BCUT2D eigenvalue weighted by Gasteiger charge is 2.36. The van der Waals surface area contributed by atoms with Crippen LogP contribution in [0.3, 0.4) is 0 Å². The van der Waals surface area contributed by atoms with Gasteiger partial charge in [0.05, 0.1) is 5.69 Å². The van der Waals surface area contributed by atoms with Gasteiger partial charge in [-0.05, 0) is 12.1 Å². The molecule has 0 radical (unpaired) electrons. The molecule has 1 aromatic heterocycles. The molecule has 0 atom stereocenters. The van der Waals surface area contributed by atoms with Crippen molar-refractivity contribution in [2.45, 2.75) is 11.1 Å². The van der Waals surface area contributed by atoms with Crippen LogP contribution in [0.15, 0.2) is 29.2 Å². The molecule has 0 unspecified atom stereocenters. The van der Waals surface area contributed by atoms with Crippen LogP contribution in [0.5, 0.6) is 0 Å². The van der Waals surface area contributed by atoms with Gasteiger partial charge >= 0.3 is 6.18 Å². The van der Waals surface area contributed by atoms with Crippen molar-refractivity contribution in [2.75, 3.05) is 36.0 Å². The van der Waals surface area contributed by atoms with Crippen molar-refractivity contribution in [3.8, 4) is 0 Å². The van der Waals surface area contributed by atoms with Crippen molar-refractivity contribution < 1.29 is 21.6 Å². The summed E-state index contributed by atoms with van der Waals surface area (Å²) in [5, 5.41) is 11.2. The Labute approximate surface area is 145 Å². The first-order valence-electron chi connectivity index (χ1n) is 7.19. The number of sulfonamides is 1. The third kappa shape index (κ3) is 3.85. The maximum absolute atomic E-state index is 12.6. The molecule has 12 heteroatoms. The summed E-state index contributed by atoms with van der Waals surface area (Å²) in [6.07, 6.45) is -4.51. The lowest BCUT2D eigenvalue weighted by atomic mass is 10.2. The molecule has 136 valence electrons. The van der Waals surface area contributed by atoms with Gasteiger partial charge < -0.3 is 9.80 Å². The van der Waals surface area contributed by atoms with Gasteiger partial charge in [0.1, 0.15) is 4.90 Å². The van der Waals surface area contributed by atoms with Crippen molar-refractivity contribution in [3.63, 3.8) is 0 Å². The second-order valence-corrected chi connectivity index (χ2v) is 7.86. The molecular formula is C13H14F3N5O2S2. The Morgan fingerprint density at radius 2 is 1.64 bits per heavy atom. The standard InChI is InChI=1S/C13H14F3N5O2S2/c14-13(15,16)11-18-19-12(24-11)21-7-5-20(6-8-21)9-3-1-2-4-10(9)25(17,22)23/h1-4H,5-8H2,(H2,17,22,23). The van der Waals surface area contributed by atoms with Gasteiger partial charge in [0.15, 0.2) is 0 Å². The van der Waals surface area contributed by atoms with E-state index in [1.165, 1.54) is 6.07 Å². The highest BCUT2D eigenvalue weighted by molar-refractivity contribution is 7.89. The number of nitrogens with two attached hydrogens (primary N) is 1. The molecule has 2 aromatic rings. The SMILES string of the molecule is NS(=O)(=O)c1ccccc1N1CCN(c2nnc(C(F)(F)F)s2)CC1. The van der Waals surface area contributed by atoms with Gasteiger partial charge in [-0.25, -0.2) is 13.6 Å². The van der Waals surface area contributed by atoms with Crippen LogP contribution in [-0.2, 0) is 16.2 Å². The Morgan fingerprint density at radius 3 is 2.20 bits per heavy atom. The highest BCUT2D eigenvalue weighted by atomic mass is 32.2. The monoisotopic (exact) mass is 393 g/mol. The van der Waals surface area contributed by atoms with Crippen LogP contribution in [0.1, 0.15) is 5.01 Å². The third-order valence-corrected chi connectivity index (χ3v) is 5.71. The van der Waals surface area contributed by atoms with Crippen LogP contribution in [0.25, 0.3) is 0 Å². The Hall–Kier alpha value is -1.92. The number of hydrogen-bond donors (Lipinski definition) is 1. The fourth-order valence-corrected chi connectivity index (χ4v) is 4.08. The molecule has 0 aliphatic carbocycles. The molecule has 2 N–H and O–H groups in total. The number of nitrogens with zero attached hydrogens (tertiary/aromatic N) is 4.